The van der Waals surface area contributed by atoms with Gasteiger partial charge >= 0.3 is 5.97 Å². The molecule has 0 aliphatic carbocycles. The van der Waals surface area contributed by atoms with E-state index in [2.05, 4.69) is 10.1 Å². The van der Waals surface area contributed by atoms with E-state index in [9.17, 15) is 9.59 Å². The molecule has 0 saturated carbocycles. The molecule has 0 heterocycles. The summed E-state index contributed by atoms with van der Waals surface area (Å²) in [5.74, 6) is -1.40. The molecule has 0 aromatic carbocycles. The normalized spacial score (nSPS) is 16.2. The fraction of sp³-hybridized carbons (Fsp3) is 0.800. The maximum absolute atomic E-state index is 11.5. The van der Waals surface area contributed by atoms with Gasteiger partial charge in [0.15, 0.2) is 6.10 Å². The van der Waals surface area contributed by atoms with Gasteiger partial charge in [-0.1, -0.05) is 20.3 Å². The van der Waals surface area contributed by atoms with Gasteiger partial charge < -0.3 is 20.9 Å². The smallest absolute Gasteiger partial charge is 0.334 e. The van der Waals surface area contributed by atoms with Crippen LogP contribution in [0, 0.1) is 5.92 Å². The lowest BCUT2D eigenvalue weighted by atomic mass is 9.99. The number of nitrogens with two attached hydrogens (primary N) is 1. The minimum atomic E-state index is -1.11. The third-order valence-corrected chi connectivity index (χ3v) is 2.58. The fourth-order valence-electron chi connectivity index (χ4n) is 1.09. The van der Waals surface area contributed by atoms with E-state index in [0.717, 1.165) is 6.42 Å². The topological polar surface area (TPSA) is 102 Å². The lowest BCUT2D eigenvalue weighted by Crippen LogP contribution is -2.48. The number of hydrogen-bond acceptors (Lipinski definition) is 4. The van der Waals surface area contributed by atoms with Gasteiger partial charge in [-0.3, -0.25) is 4.79 Å². The van der Waals surface area contributed by atoms with Crippen LogP contribution in [0.15, 0.2) is 0 Å². The summed E-state index contributed by atoms with van der Waals surface area (Å²) in [6.45, 7) is 3.73. The second-order valence-corrected chi connectivity index (χ2v) is 3.72. The lowest BCUT2D eigenvalue weighted by Gasteiger charge is -2.19. The summed E-state index contributed by atoms with van der Waals surface area (Å²) in [7, 11) is 1.28. The minimum absolute atomic E-state index is 0.0609. The van der Waals surface area contributed by atoms with Crippen LogP contribution in [0.25, 0.3) is 0 Å². The van der Waals surface area contributed by atoms with Crippen molar-refractivity contribution in [2.75, 3.05) is 13.7 Å². The third-order valence-electron chi connectivity index (χ3n) is 2.58. The molecule has 1 amide bonds. The molecule has 0 rings (SSSR count). The number of methoxy groups -OCH3 is 1. The van der Waals surface area contributed by atoms with Crippen LogP contribution in [-0.2, 0) is 14.3 Å². The Morgan fingerprint density at radius 2 is 2.06 bits per heavy atom. The highest BCUT2D eigenvalue weighted by molar-refractivity contribution is 5.82. The van der Waals surface area contributed by atoms with Crippen LogP contribution >= 0.6 is 0 Å². The number of rotatable bonds is 7. The van der Waals surface area contributed by atoms with Crippen molar-refractivity contribution in [1.29, 1.82) is 0 Å². The second kappa shape index (κ2) is 7.19. The number of amides is 1. The predicted molar refractivity (Wildman–Crippen MR) is 58.9 cm³/mol. The zero-order valence-corrected chi connectivity index (χ0v) is 9.90. The largest absolute Gasteiger partial charge is 0.479 e. The first-order valence-electron chi connectivity index (χ1n) is 5.22. The van der Waals surface area contributed by atoms with E-state index in [0.29, 0.717) is 0 Å². The SMILES string of the molecule is CC[C@H](C)[C@H](N)C(=O)NCC(OC)C(=O)O. The average Bonchev–Trinajstić information content (AvgIpc) is 2.26. The summed E-state index contributed by atoms with van der Waals surface area (Å²) < 4.78 is 4.67. The maximum atomic E-state index is 11.5. The first-order chi connectivity index (χ1) is 7.43. The molecule has 0 aliphatic heterocycles. The van der Waals surface area contributed by atoms with E-state index in [1.807, 2.05) is 13.8 Å². The fourth-order valence-corrected chi connectivity index (χ4v) is 1.09. The summed E-state index contributed by atoms with van der Waals surface area (Å²) in [5, 5.41) is 11.1. The molecule has 94 valence electrons. The number of nitrogens with one attached hydrogen (secondary N) is 1. The number of aliphatic carboxylic acids is 1. The van der Waals surface area contributed by atoms with Gasteiger partial charge in [-0.15, -0.1) is 0 Å². The molecular formula is C10H20N2O4. The van der Waals surface area contributed by atoms with Crippen molar-refractivity contribution in [1.82, 2.24) is 5.32 Å². The van der Waals surface area contributed by atoms with E-state index in [4.69, 9.17) is 10.8 Å². The molecule has 6 nitrogen and oxygen atoms in total. The first kappa shape index (κ1) is 14.9. The summed E-state index contributed by atoms with van der Waals surface area (Å²) in [6, 6.07) is -0.615. The van der Waals surface area contributed by atoms with Crippen molar-refractivity contribution < 1.29 is 19.4 Å². The molecule has 1 unspecified atom stereocenters. The van der Waals surface area contributed by atoms with Gasteiger partial charge in [0.1, 0.15) is 0 Å². The summed E-state index contributed by atoms with van der Waals surface area (Å²) >= 11 is 0. The van der Waals surface area contributed by atoms with Gasteiger partial charge in [-0.2, -0.15) is 0 Å². The Morgan fingerprint density at radius 3 is 2.44 bits per heavy atom. The molecule has 0 radical (unpaired) electrons. The third kappa shape index (κ3) is 4.59. The van der Waals surface area contributed by atoms with Crippen LogP contribution in [0.3, 0.4) is 0 Å². The van der Waals surface area contributed by atoms with Crippen molar-refractivity contribution in [3.8, 4) is 0 Å². The van der Waals surface area contributed by atoms with E-state index >= 15 is 0 Å². The predicted octanol–water partition coefficient (Wildman–Crippen LogP) is -0.424. The van der Waals surface area contributed by atoms with Gasteiger partial charge in [0.05, 0.1) is 12.6 Å². The van der Waals surface area contributed by atoms with Crippen LogP contribution in [0.5, 0.6) is 0 Å². The van der Waals surface area contributed by atoms with Crippen LogP contribution in [-0.4, -0.2) is 42.8 Å². The Labute approximate surface area is 95.1 Å². The Morgan fingerprint density at radius 1 is 1.50 bits per heavy atom. The quantitative estimate of drug-likeness (QED) is 0.553. The molecular weight excluding hydrogens is 212 g/mol. The zero-order chi connectivity index (χ0) is 12.7. The van der Waals surface area contributed by atoms with E-state index in [1.165, 1.54) is 7.11 Å². The number of hydrogen-bond donors (Lipinski definition) is 3. The first-order valence-corrected chi connectivity index (χ1v) is 5.22. The second-order valence-electron chi connectivity index (χ2n) is 3.72. The number of carbonyl (C=O) groups is 2. The molecule has 16 heavy (non-hydrogen) atoms. The van der Waals surface area contributed by atoms with Gasteiger partial charge in [-0.05, 0) is 5.92 Å². The van der Waals surface area contributed by atoms with Gasteiger partial charge in [0.2, 0.25) is 5.91 Å². The number of carboxylic acid groups (broad SMARTS) is 1. The van der Waals surface area contributed by atoms with Crippen molar-refractivity contribution in [3.63, 3.8) is 0 Å². The summed E-state index contributed by atoms with van der Waals surface area (Å²) in [6.07, 6.45) is -0.241. The summed E-state index contributed by atoms with van der Waals surface area (Å²) in [4.78, 5) is 22.1. The molecule has 0 aromatic heterocycles. The molecule has 6 heteroatoms. The number of carboxylic acids is 1. The lowest BCUT2D eigenvalue weighted by molar-refractivity contribution is -0.148. The average molecular weight is 232 g/mol. The summed E-state index contributed by atoms with van der Waals surface area (Å²) in [5.41, 5.74) is 5.67. The van der Waals surface area contributed by atoms with Crippen molar-refractivity contribution in [2.24, 2.45) is 11.7 Å². The Kier molecular flexibility index (Phi) is 6.67. The van der Waals surface area contributed by atoms with Crippen LogP contribution < -0.4 is 11.1 Å². The highest BCUT2D eigenvalue weighted by atomic mass is 16.5. The van der Waals surface area contributed by atoms with E-state index < -0.39 is 18.1 Å². The van der Waals surface area contributed by atoms with Crippen LogP contribution in [0.2, 0.25) is 0 Å². The number of carbonyl (C=O) groups excluding carboxylic acids is 1. The van der Waals surface area contributed by atoms with E-state index in [-0.39, 0.29) is 18.4 Å². The van der Waals surface area contributed by atoms with Gasteiger partial charge in [0, 0.05) is 7.11 Å². The molecule has 4 N–H and O–H groups in total. The number of ether oxygens (including phenoxy) is 1. The minimum Gasteiger partial charge on any atom is -0.479 e. The molecule has 0 saturated heterocycles. The van der Waals surface area contributed by atoms with Crippen molar-refractivity contribution >= 4 is 11.9 Å². The molecule has 0 fully saturated rings. The maximum Gasteiger partial charge on any atom is 0.334 e. The Balaban J connectivity index is 4.10. The molecule has 3 atom stereocenters. The highest BCUT2D eigenvalue weighted by Crippen LogP contribution is 2.04. The Hall–Kier alpha value is -1.14. The molecule has 0 aromatic rings. The van der Waals surface area contributed by atoms with Gasteiger partial charge in [-0.25, -0.2) is 4.79 Å². The van der Waals surface area contributed by atoms with E-state index in [1.54, 1.807) is 0 Å². The molecule has 0 spiro atoms. The van der Waals surface area contributed by atoms with Gasteiger partial charge in [0.25, 0.3) is 0 Å². The van der Waals surface area contributed by atoms with Crippen LogP contribution in [0.1, 0.15) is 20.3 Å². The van der Waals surface area contributed by atoms with Crippen LogP contribution in [0.4, 0.5) is 0 Å². The molecule has 0 aliphatic rings. The standard InChI is InChI=1S/C10H20N2O4/c1-4-6(2)8(11)9(13)12-5-7(16-3)10(14)15/h6-8H,4-5,11H2,1-3H3,(H,12,13)(H,14,15)/t6-,7?,8-/m0/s1. The Bertz CT molecular complexity index is 245. The monoisotopic (exact) mass is 232 g/mol. The highest BCUT2D eigenvalue weighted by Gasteiger charge is 2.22. The zero-order valence-electron chi connectivity index (χ0n) is 9.90. The molecule has 0 bridgehead atoms. The van der Waals surface area contributed by atoms with Crippen molar-refractivity contribution in [3.05, 3.63) is 0 Å². The van der Waals surface area contributed by atoms with Crippen molar-refractivity contribution in [2.45, 2.75) is 32.4 Å².